The van der Waals surface area contributed by atoms with Gasteiger partial charge in [-0.05, 0) is 87.1 Å². The number of nitrogens with one attached hydrogen (secondary N) is 1. The SMILES string of the molecule is CC(C)Oc1ccc(-c2nc(CNC[C@@H]3CC[C@H]4C[C@@H]3C4(C)C)co2)cc1. The molecule has 1 heterocycles. The van der Waals surface area contributed by atoms with Gasteiger partial charge in [-0.25, -0.2) is 4.98 Å². The minimum absolute atomic E-state index is 0.177. The summed E-state index contributed by atoms with van der Waals surface area (Å²) in [6.45, 7) is 10.8. The first-order valence-electron chi connectivity index (χ1n) is 10.4. The van der Waals surface area contributed by atoms with Gasteiger partial charge in [-0.2, -0.15) is 0 Å². The fraction of sp³-hybridized carbons (Fsp3) is 0.609. The maximum absolute atomic E-state index is 5.69. The summed E-state index contributed by atoms with van der Waals surface area (Å²) in [5.74, 6) is 4.21. The van der Waals surface area contributed by atoms with Crippen molar-refractivity contribution in [2.45, 2.75) is 59.6 Å². The molecule has 2 aromatic rings. The van der Waals surface area contributed by atoms with Crippen molar-refractivity contribution >= 4 is 0 Å². The van der Waals surface area contributed by atoms with Crippen LogP contribution < -0.4 is 10.1 Å². The van der Waals surface area contributed by atoms with Crippen LogP contribution in [-0.4, -0.2) is 17.6 Å². The van der Waals surface area contributed by atoms with E-state index in [1.165, 1.54) is 19.3 Å². The smallest absolute Gasteiger partial charge is 0.226 e. The molecule has 5 rings (SSSR count). The third-order valence-corrected chi connectivity index (χ3v) is 6.74. The molecule has 3 aliphatic carbocycles. The summed E-state index contributed by atoms with van der Waals surface area (Å²) in [7, 11) is 0. The number of hydrogen-bond acceptors (Lipinski definition) is 4. The number of aromatic nitrogens is 1. The zero-order chi connectivity index (χ0) is 19.0. The first kappa shape index (κ1) is 18.5. The van der Waals surface area contributed by atoms with Gasteiger partial charge < -0.3 is 14.5 Å². The van der Waals surface area contributed by atoms with E-state index in [1.807, 2.05) is 38.1 Å². The monoisotopic (exact) mass is 368 g/mol. The Morgan fingerprint density at radius 3 is 2.67 bits per heavy atom. The molecule has 1 N–H and O–H groups in total. The number of hydrogen-bond donors (Lipinski definition) is 1. The summed E-state index contributed by atoms with van der Waals surface area (Å²) in [5, 5.41) is 3.62. The third kappa shape index (κ3) is 3.77. The van der Waals surface area contributed by atoms with Crippen molar-refractivity contribution in [1.29, 1.82) is 0 Å². The highest BCUT2D eigenvalue weighted by atomic mass is 16.5. The number of fused-ring (bicyclic) bond motifs is 2. The topological polar surface area (TPSA) is 47.3 Å². The van der Waals surface area contributed by atoms with E-state index in [0.29, 0.717) is 11.3 Å². The van der Waals surface area contributed by atoms with Crippen molar-refractivity contribution in [1.82, 2.24) is 10.3 Å². The van der Waals surface area contributed by atoms with E-state index in [2.05, 4.69) is 24.1 Å². The third-order valence-electron chi connectivity index (χ3n) is 6.74. The maximum atomic E-state index is 5.69. The lowest BCUT2D eigenvalue weighted by atomic mass is 9.45. The fourth-order valence-corrected chi connectivity index (χ4v) is 5.06. The van der Waals surface area contributed by atoms with Gasteiger partial charge in [-0.1, -0.05) is 13.8 Å². The lowest BCUT2D eigenvalue weighted by Crippen LogP contribution is -2.54. The summed E-state index contributed by atoms with van der Waals surface area (Å²) in [6, 6.07) is 7.93. The Bertz CT molecular complexity index is 761. The zero-order valence-electron chi connectivity index (χ0n) is 17.0. The molecule has 0 amide bonds. The average Bonchev–Trinajstić information content (AvgIpc) is 3.11. The Morgan fingerprint density at radius 1 is 1.22 bits per heavy atom. The normalized spacial score (nSPS) is 26.0. The molecule has 2 bridgehead atoms. The molecule has 27 heavy (non-hydrogen) atoms. The molecule has 3 saturated carbocycles. The van der Waals surface area contributed by atoms with Crippen LogP contribution in [0.2, 0.25) is 0 Å². The van der Waals surface area contributed by atoms with Gasteiger partial charge in [0.15, 0.2) is 0 Å². The molecule has 3 atom stereocenters. The standard InChI is InChI=1S/C23H32N2O2/c1-15(2)27-20-9-6-16(7-10-20)22-25-19(14-26-22)13-24-12-17-5-8-18-11-21(17)23(18,3)4/h6-7,9-10,14-15,17-18,21,24H,5,8,11-13H2,1-4H3/t17-,18-,21-/m0/s1. The van der Waals surface area contributed by atoms with E-state index in [1.54, 1.807) is 6.26 Å². The first-order valence-corrected chi connectivity index (χ1v) is 10.4. The Morgan fingerprint density at radius 2 is 2.00 bits per heavy atom. The van der Waals surface area contributed by atoms with Crippen molar-refractivity contribution in [3.8, 4) is 17.2 Å². The van der Waals surface area contributed by atoms with E-state index in [9.17, 15) is 0 Å². The van der Waals surface area contributed by atoms with Crippen LogP contribution >= 0.6 is 0 Å². The molecule has 3 aliphatic rings. The van der Waals surface area contributed by atoms with E-state index in [-0.39, 0.29) is 6.10 Å². The molecule has 146 valence electrons. The summed E-state index contributed by atoms with van der Waals surface area (Å²) < 4.78 is 11.4. The summed E-state index contributed by atoms with van der Waals surface area (Å²) in [5.41, 5.74) is 2.50. The molecule has 4 nitrogen and oxygen atoms in total. The lowest BCUT2D eigenvalue weighted by Gasteiger charge is -2.60. The second-order valence-electron chi connectivity index (χ2n) is 9.16. The highest BCUT2D eigenvalue weighted by Crippen LogP contribution is 2.61. The van der Waals surface area contributed by atoms with Crippen molar-refractivity contribution in [3.63, 3.8) is 0 Å². The Hall–Kier alpha value is -1.81. The van der Waals surface area contributed by atoms with Gasteiger partial charge in [-0.15, -0.1) is 0 Å². The molecule has 0 aliphatic heterocycles. The van der Waals surface area contributed by atoms with Gasteiger partial charge in [-0.3, -0.25) is 0 Å². The molecule has 0 spiro atoms. The largest absolute Gasteiger partial charge is 0.491 e. The Labute approximate surface area is 162 Å². The molecule has 4 heteroatoms. The second kappa shape index (κ2) is 7.31. The van der Waals surface area contributed by atoms with Crippen LogP contribution in [0.1, 0.15) is 52.7 Å². The predicted molar refractivity (Wildman–Crippen MR) is 108 cm³/mol. The number of rotatable bonds is 7. The number of oxazole rings is 1. The van der Waals surface area contributed by atoms with E-state index in [4.69, 9.17) is 9.15 Å². The van der Waals surface area contributed by atoms with Gasteiger partial charge >= 0.3 is 0 Å². The van der Waals surface area contributed by atoms with Gasteiger partial charge in [0.05, 0.1) is 11.8 Å². The maximum Gasteiger partial charge on any atom is 0.226 e. The number of benzene rings is 1. The van der Waals surface area contributed by atoms with Crippen LogP contribution in [0.15, 0.2) is 34.9 Å². The van der Waals surface area contributed by atoms with Gasteiger partial charge in [0.1, 0.15) is 12.0 Å². The average molecular weight is 369 g/mol. The molecule has 0 saturated heterocycles. The molecule has 0 radical (unpaired) electrons. The van der Waals surface area contributed by atoms with E-state index in [0.717, 1.165) is 47.9 Å². The van der Waals surface area contributed by atoms with Crippen LogP contribution in [0.5, 0.6) is 5.75 Å². The van der Waals surface area contributed by atoms with E-state index >= 15 is 0 Å². The van der Waals surface area contributed by atoms with Gasteiger partial charge in [0.25, 0.3) is 0 Å². The Balaban J connectivity index is 1.29. The Kier molecular flexibility index (Phi) is 5.02. The summed E-state index contributed by atoms with van der Waals surface area (Å²) in [6.07, 6.45) is 6.16. The quantitative estimate of drug-likeness (QED) is 0.721. The highest BCUT2D eigenvalue weighted by Gasteiger charge is 2.53. The lowest BCUT2D eigenvalue weighted by molar-refractivity contribution is -0.103. The zero-order valence-corrected chi connectivity index (χ0v) is 17.0. The van der Waals surface area contributed by atoms with Crippen LogP contribution in [-0.2, 0) is 6.54 Å². The molecular weight excluding hydrogens is 336 g/mol. The predicted octanol–water partition coefficient (Wildman–Crippen LogP) is 5.29. The molecule has 1 aromatic heterocycles. The minimum Gasteiger partial charge on any atom is -0.491 e. The van der Waals surface area contributed by atoms with Crippen LogP contribution in [0.25, 0.3) is 11.5 Å². The molecule has 1 aromatic carbocycles. The first-order chi connectivity index (χ1) is 12.9. The van der Waals surface area contributed by atoms with Crippen LogP contribution in [0, 0.1) is 23.2 Å². The molecular formula is C23H32N2O2. The van der Waals surface area contributed by atoms with Crippen LogP contribution in [0.3, 0.4) is 0 Å². The van der Waals surface area contributed by atoms with E-state index < -0.39 is 0 Å². The summed E-state index contributed by atoms with van der Waals surface area (Å²) >= 11 is 0. The van der Waals surface area contributed by atoms with Crippen molar-refractivity contribution in [2.75, 3.05) is 6.54 Å². The van der Waals surface area contributed by atoms with Crippen LogP contribution in [0.4, 0.5) is 0 Å². The van der Waals surface area contributed by atoms with Gasteiger partial charge in [0, 0.05) is 12.1 Å². The fourth-order valence-electron chi connectivity index (χ4n) is 5.06. The number of ether oxygens (including phenoxy) is 1. The number of nitrogens with zero attached hydrogens (tertiary/aromatic N) is 1. The molecule has 0 unspecified atom stereocenters. The van der Waals surface area contributed by atoms with Crippen molar-refractivity contribution in [2.24, 2.45) is 23.2 Å². The highest BCUT2D eigenvalue weighted by molar-refractivity contribution is 5.54. The van der Waals surface area contributed by atoms with Crippen molar-refractivity contribution in [3.05, 3.63) is 36.2 Å². The summed E-state index contributed by atoms with van der Waals surface area (Å²) in [4.78, 5) is 4.64. The minimum atomic E-state index is 0.177. The van der Waals surface area contributed by atoms with Gasteiger partial charge in [0.2, 0.25) is 5.89 Å². The second-order valence-corrected chi connectivity index (χ2v) is 9.16. The molecule has 3 fully saturated rings. The van der Waals surface area contributed by atoms with Crippen molar-refractivity contribution < 1.29 is 9.15 Å².